The number of ether oxygens (including phenoxy) is 3. The molecule has 1 aromatic carbocycles. The molecule has 3 aliphatic heterocycles. The normalized spacial score (nSPS) is 30.9. The molecule has 3 saturated heterocycles. The van der Waals surface area contributed by atoms with Gasteiger partial charge < -0.3 is 30.0 Å². The first-order chi connectivity index (χ1) is 15.0. The van der Waals surface area contributed by atoms with Crippen LogP contribution >= 0.6 is 0 Å². The van der Waals surface area contributed by atoms with Crippen LogP contribution in [0.3, 0.4) is 0 Å². The predicted octanol–water partition coefficient (Wildman–Crippen LogP) is 0.418. The number of rotatable bonds is 4. The number of benzene rings is 1. The zero-order valence-corrected chi connectivity index (χ0v) is 17.2. The van der Waals surface area contributed by atoms with Crippen molar-refractivity contribution >= 4 is 17.7 Å². The Kier molecular flexibility index (Phi) is 6.38. The maximum Gasteiger partial charge on any atom is 0.319 e. The van der Waals surface area contributed by atoms with E-state index in [1.807, 2.05) is 6.07 Å². The van der Waals surface area contributed by atoms with Gasteiger partial charge in [0.25, 0.3) is 0 Å². The highest BCUT2D eigenvalue weighted by Gasteiger charge is 2.53. The fourth-order valence-electron chi connectivity index (χ4n) is 4.55. The molecule has 31 heavy (non-hydrogen) atoms. The number of carbonyl (C=O) groups excluding carboxylic acids is 2. The molecule has 10 nitrogen and oxygen atoms in total. The fourth-order valence-corrected chi connectivity index (χ4v) is 4.55. The molecular formula is C21H26N4O6. The van der Waals surface area contributed by atoms with Crippen molar-refractivity contribution in [3.63, 3.8) is 0 Å². The van der Waals surface area contributed by atoms with Gasteiger partial charge in [0, 0.05) is 5.69 Å². The van der Waals surface area contributed by atoms with E-state index in [4.69, 9.17) is 19.5 Å². The Labute approximate surface area is 180 Å². The molecule has 4 rings (SSSR count). The molecule has 1 aromatic rings. The summed E-state index contributed by atoms with van der Waals surface area (Å²) in [5, 5.41) is 25.6. The number of esters is 1. The number of amides is 2. The van der Waals surface area contributed by atoms with Crippen molar-refractivity contribution in [1.82, 2.24) is 10.2 Å². The van der Waals surface area contributed by atoms with Crippen LogP contribution in [0.4, 0.5) is 10.5 Å². The summed E-state index contributed by atoms with van der Waals surface area (Å²) in [6.07, 6.45) is -0.694. The third-order valence-electron chi connectivity index (χ3n) is 6.16. The van der Waals surface area contributed by atoms with Gasteiger partial charge in [0.05, 0.1) is 49.5 Å². The summed E-state index contributed by atoms with van der Waals surface area (Å²) >= 11 is 0. The van der Waals surface area contributed by atoms with E-state index in [9.17, 15) is 14.7 Å². The highest BCUT2D eigenvalue weighted by Crippen LogP contribution is 2.33. The molecule has 3 fully saturated rings. The molecule has 3 N–H and O–H groups in total. The first kappa shape index (κ1) is 21.5. The molecule has 0 spiro atoms. The minimum Gasteiger partial charge on any atom is -0.469 e. The summed E-state index contributed by atoms with van der Waals surface area (Å²) in [7, 11) is 1.39. The van der Waals surface area contributed by atoms with E-state index in [2.05, 4.69) is 15.5 Å². The SMILES string of the molecule is COC(=O)C1CCN([C@@H]2[C@@H]3OC[C@H](O3)[C@@H](NC(=O)Nc3cccc(C#N)c3)[C@@H]2O)CC1. The van der Waals surface area contributed by atoms with E-state index in [1.165, 1.54) is 7.11 Å². The van der Waals surface area contributed by atoms with Crippen molar-refractivity contribution in [3.8, 4) is 6.07 Å². The van der Waals surface area contributed by atoms with Crippen LogP contribution in [0.1, 0.15) is 18.4 Å². The molecule has 5 atom stereocenters. The van der Waals surface area contributed by atoms with Gasteiger partial charge in [-0.1, -0.05) is 6.07 Å². The van der Waals surface area contributed by atoms with E-state index in [-0.39, 0.29) is 18.5 Å². The van der Waals surface area contributed by atoms with Gasteiger partial charge in [0.1, 0.15) is 6.10 Å². The van der Waals surface area contributed by atoms with Gasteiger partial charge in [0.15, 0.2) is 6.29 Å². The molecule has 2 bridgehead atoms. The van der Waals surface area contributed by atoms with Gasteiger partial charge in [-0.15, -0.1) is 0 Å². The molecule has 3 aliphatic rings. The molecule has 0 saturated carbocycles. The topological polar surface area (TPSA) is 133 Å². The van der Waals surface area contributed by atoms with Crippen molar-refractivity contribution in [3.05, 3.63) is 29.8 Å². The largest absolute Gasteiger partial charge is 0.469 e. The van der Waals surface area contributed by atoms with Crippen molar-refractivity contribution < 1.29 is 28.9 Å². The van der Waals surface area contributed by atoms with Gasteiger partial charge in [-0.05, 0) is 44.1 Å². The highest BCUT2D eigenvalue weighted by molar-refractivity contribution is 5.89. The average Bonchev–Trinajstić information content (AvgIpc) is 3.22. The number of aliphatic hydroxyl groups is 1. The van der Waals surface area contributed by atoms with E-state index in [1.54, 1.807) is 24.3 Å². The lowest BCUT2D eigenvalue weighted by atomic mass is 9.91. The van der Waals surface area contributed by atoms with Crippen LogP contribution in [-0.4, -0.2) is 79.4 Å². The summed E-state index contributed by atoms with van der Waals surface area (Å²) < 4.78 is 16.5. The van der Waals surface area contributed by atoms with Gasteiger partial charge in [0.2, 0.25) is 0 Å². The average molecular weight is 430 g/mol. The number of aliphatic hydroxyl groups excluding tert-OH is 1. The van der Waals surface area contributed by atoms with Crippen LogP contribution in [0.5, 0.6) is 0 Å². The second kappa shape index (κ2) is 9.20. The lowest BCUT2D eigenvalue weighted by Crippen LogP contribution is -2.66. The smallest absolute Gasteiger partial charge is 0.319 e. The molecule has 0 radical (unpaired) electrons. The van der Waals surface area contributed by atoms with Crippen LogP contribution < -0.4 is 10.6 Å². The van der Waals surface area contributed by atoms with Crippen molar-refractivity contribution in [2.24, 2.45) is 5.92 Å². The maximum atomic E-state index is 12.6. The van der Waals surface area contributed by atoms with Crippen molar-refractivity contribution in [1.29, 1.82) is 5.26 Å². The lowest BCUT2D eigenvalue weighted by Gasteiger charge is -2.45. The van der Waals surface area contributed by atoms with Crippen LogP contribution in [0.2, 0.25) is 0 Å². The highest BCUT2D eigenvalue weighted by atomic mass is 16.7. The number of nitrogens with one attached hydrogen (secondary N) is 2. The molecule has 0 aliphatic carbocycles. The Hall–Kier alpha value is -2.71. The summed E-state index contributed by atoms with van der Waals surface area (Å²) in [5.41, 5.74) is 0.908. The van der Waals surface area contributed by atoms with Crippen LogP contribution in [0, 0.1) is 17.2 Å². The molecule has 0 unspecified atom stereocenters. The van der Waals surface area contributed by atoms with Crippen LogP contribution in [0.25, 0.3) is 0 Å². The van der Waals surface area contributed by atoms with E-state index in [0.717, 1.165) is 0 Å². The van der Waals surface area contributed by atoms with Gasteiger partial charge in [-0.2, -0.15) is 5.26 Å². The Morgan fingerprint density at radius 2 is 2.10 bits per heavy atom. The predicted molar refractivity (Wildman–Crippen MR) is 108 cm³/mol. The number of carbonyl (C=O) groups is 2. The number of anilines is 1. The van der Waals surface area contributed by atoms with Crippen LogP contribution in [-0.2, 0) is 19.0 Å². The Bertz CT molecular complexity index is 866. The molecule has 0 aromatic heterocycles. The zero-order valence-electron chi connectivity index (χ0n) is 17.2. The number of hydrogen-bond donors (Lipinski definition) is 3. The lowest BCUT2D eigenvalue weighted by molar-refractivity contribution is -0.185. The second-order valence-electron chi connectivity index (χ2n) is 8.01. The number of methoxy groups -OCH3 is 1. The number of nitriles is 1. The maximum absolute atomic E-state index is 12.6. The third kappa shape index (κ3) is 4.50. The minimum atomic E-state index is -0.905. The Morgan fingerprint density at radius 3 is 2.81 bits per heavy atom. The number of likely N-dealkylation sites (tertiary alicyclic amines) is 1. The number of hydrogen-bond acceptors (Lipinski definition) is 8. The van der Waals surface area contributed by atoms with Crippen LogP contribution in [0.15, 0.2) is 24.3 Å². The second-order valence-corrected chi connectivity index (χ2v) is 8.01. The quantitative estimate of drug-likeness (QED) is 0.586. The summed E-state index contributed by atoms with van der Waals surface area (Å²) in [4.78, 5) is 26.4. The first-order valence-corrected chi connectivity index (χ1v) is 10.3. The summed E-state index contributed by atoms with van der Waals surface area (Å²) in [6.45, 7) is 1.45. The number of nitrogens with zero attached hydrogens (tertiary/aromatic N) is 2. The number of piperidine rings is 1. The standard InChI is InChI=1S/C21H26N4O6/c1-29-19(27)13-5-7-25(8-6-13)17-18(26)16(15-11-30-20(17)31-15)24-21(28)23-14-4-2-3-12(9-14)10-22/h2-4,9,13,15-18,20,26H,5-8,11H2,1H3,(H2,23,24,28)/t15-,16+,17-,18-,20+/m0/s1. The summed E-state index contributed by atoms with van der Waals surface area (Å²) in [6, 6.07) is 6.97. The van der Waals surface area contributed by atoms with Crippen molar-refractivity contribution in [2.45, 2.75) is 43.4 Å². The molecular weight excluding hydrogens is 404 g/mol. The monoisotopic (exact) mass is 430 g/mol. The third-order valence-corrected chi connectivity index (χ3v) is 6.16. The molecule has 10 heteroatoms. The number of fused-ring (bicyclic) bond motifs is 2. The molecule has 166 valence electrons. The van der Waals surface area contributed by atoms with E-state index in [0.29, 0.717) is 37.2 Å². The van der Waals surface area contributed by atoms with Gasteiger partial charge >= 0.3 is 12.0 Å². The van der Waals surface area contributed by atoms with Gasteiger partial charge in [-0.3, -0.25) is 9.69 Å². The van der Waals surface area contributed by atoms with E-state index < -0.39 is 36.6 Å². The fraction of sp³-hybridized carbons (Fsp3) is 0.571. The van der Waals surface area contributed by atoms with Gasteiger partial charge in [-0.25, -0.2) is 4.79 Å². The number of urea groups is 1. The first-order valence-electron chi connectivity index (χ1n) is 10.3. The Balaban J connectivity index is 1.40. The minimum absolute atomic E-state index is 0.149. The summed E-state index contributed by atoms with van der Waals surface area (Å²) in [5.74, 6) is -0.363. The molecule has 2 amide bonds. The van der Waals surface area contributed by atoms with Crippen molar-refractivity contribution in [2.75, 3.05) is 32.1 Å². The molecule has 3 heterocycles. The Morgan fingerprint density at radius 1 is 1.32 bits per heavy atom. The zero-order chi connectivity index (χ0) is 22.0. The van der Waals surface area contributed by atoms with E-state index >= 15 is 0 Å².